The van der Waals surface area contributed by atoms with Crippen molar-refractivity contribution in [2.24, 2.45) is 7.05 Å². The Balaban J connectivity index is 2.07. The van der Waals surface area contributed by atoms with Crippen LogP contribution in [0.5, 0.6) is 0 Å². The summed E-state index contributed by atoms with van der Waals surface area (Å²) >= 11 is 0. The van der Waals surface area contributed by atoms with Gasteiger partial charge in [0.2, 0.25) is 0 Å². The summed E-state index contributed by atoms with van der Waals surface area (Å²) in [6.45, 7) is 7.03. The van der Waals surface area contributed by atoms with E-state index < -0.39 is 0 Å². The fraction of sp³-hybridized carbons (Fsp3) is 0.500. The Bertz CT molecular complexity index is 493. The van der Waals surface area contributed by atoms with Crippen LogP contribution in [0.1, 0.15) is 32.0 Å². The summed E-state index contributed by atoms with van der Waals surface area (Å²) in [6.07, 6.45) is 3.59. The molecule has 0 saturated carbocycles. The number of hydrogen-bond donors (Lipinski definition) is 1. The van der Waals surface area contributed by atoms with Crippen molar-refractivity contribution >= 4 is 5.82 Å². The lowest BCUT2D eigenvalue weighted by Gasteiger charge is -2.16. The van der Waals surface area contributed by atoms with Crippen LogP contribution >= 0.6 is 0 Å². The van der Waals surface area contributed by atoms with Gasteiger partial charge in [-0.3, -0.25) is 4.68 Å². The number of rotatable bonds is 3. The third-order valence-corrected chi connectivity index (χ3v) is 2.53. The van der Waals surface area contributed by atoms with Gasteiger partial charge < -0.3 is 9.84 Å². The molecule has 0 aliphatic rings. The van der Waals surface area contributed by atoms with Crippen molar-refractivity contribution < 1.29 is 4.52 Å². The van der Waals surface area contributed by atoms with Gasteiger partial charge in [-0.1, -0.05) is 25.9 Å². The van der Waals surface area contributed by atoms with Crippen LogP contribution in [0.25, 0.3) is 0 Å². The Hall–Kier alpha value is -1.78. The van der Waals surface area contributed by atoms with Crippen molar-refractivity contribution in [2.75, 3.05) is 5.32 Å². The molecule has 0 saturated heterocycles. The van der Waals surface area contributed by atoms with Crippen LogP contribution in [0.3, 0.4) is 0 Å². The molecule has 0 aliphatic heterocycles. The molecule has 0 radical (unpaired) electrons. The zero-order chi connectivity index (χ0) is 12.5. The summed E-state index contributed by atoms with van der Waals surface area (Å²) in [4.78, 5) is 0. The molecule has 5 heteroatoms. The van der Waals surface area contributed by atoms with Crippen molar-refractivity contribution in [3.8, 4) is 0 Å². The topological polar surface area (TPSA) is 55.9 Å². The van der Waals surface area contributed by atoms with Gasteiger partial charge >= 0.3 is 0 Å². The Morgan fingerprint density at radius 3 is 2.76 bits per heavy atom. The van der Waals surface area contributed by atoms with Gasteiger partial charge in [0.05, 0.1) is 5.69 Å². The molecule has 0 unspecified atom stereocenters. The number of anilines is 1. The first kappa shape index (κ1) is 11.7. The lowest BCUT2D eigenvalue weighted by atomic mass is 9.89. The molecule has 0 aromatic carbocycles. The molecule has 17 heavy (non-hydrogen) atoms. The Kier molecular flexibility index (Phi) is 2.92. The molecule has 1 N–H and O–H groups in total. The highest BCUT2D eigenvalue weighted by Gasteiger charge is 2.21. The number of nitrogens with one attached hydrogen (secondary N) is 1. The van der Waals surface area contributed by atoms with Gasteiger partial charge in [-0.25, -0.2) is 0 Å². The molecule has 2 aromatic heterocycles. The molecule has 0 amide bonds. The summed E-state index contributed by atoms with van der Waals surface area (Å²) in [5, 5.41) is 11.6. The SMILES string of the molecule is Cn1ccc(NCc2conc2C(C)(C)C)n1. The Labute approximate surface area is 101 Å². The molecular formula is C12H18N4O. The van der Waals surface area contributed by atoms with Gasteiger partial charge in [0.25, 0.3) is 0 Å². The molecule has 2 rings (SSSR count). The maximum Gasteiger partial charge on any atom is 0.148 e. The van der Waals surface area contributed by atoms with Gasteiger partial charge in [0, 0.05) is 36.8 Å². The third kappa shape index (κ3) is 2.67. The molecule has 0 atom stereocenters. The number of nitrogens with zero attached hydrogens (tertiary/aromatic N) is 3. The van der Waals surface area contributed by atoms with E-state index in [1.807, 2.05) is 19.3 Å². The van der Waals surface area contributed by atoms with Gasteiger partial charge in [-0.2, -0.15) is 5.10 Å². The minimum Gasteiger partial charge on any atom is -0.364 e. The first-order valence-corrected chi connectivity index (χ1v) is 5.64. The van der Waals surface area contributed by atoms with Crippen molar-refractivity contribution in [1.82, 2.24) is 14.9 Å². The van der Waals surface area contributed by atoms with Crippen LogP contribution in [0, 0.1) is 0 Å². The molecule has 92 valence electrons. The minimum absolute atomic E-state index is 0.00582. The van der Waals surface area contributed by atoms with E-state index in [1.54, 1.807) is 10.9 Å². The average molecular weight is 234 g/mol. The zero-order valence-corrected chi connectivity index (χ0v) is 10.7. The zero-order valence-electron chi connectivity index (χ0n) is 10.7. The molecule has 2 aromatic rings. The number of hydrogen-bond acceptors (Lipinski definition) is 4. The minimum atomic E-state index is -0.00582. The molecule has 5 nitrogen and oxygen atoms in total. The first-order valence-electron chi connectivity index (χ1n) is 5.64. The van der Waals surface area contributed by atoms with E-state index in [0.717, 1.165) is 17.1 Å². The highest BCUT2D eigenvalue weighted by Crippen LogP contribution is 2.24. The molecule has 0 bridgehead atoms. The summed E-state index contributed by atoms with van der Waals surface area (Å²) < 4.78 is 6.81. The van der Waals surface area contributed by atoms with E-state index in [2.05, 4.69) is 36.3 Å². The lowest BCUT2D eigenvalue weighted by molar-refractivity contribution is 0.393. The van der Waals surface area contributed by atoms with E-state index in [4.69, 9.17) is 4.52 Å². The summed E-state index contributed by atoms with van der Waals surface area (Å²) in [7, 11) is 1.89. The van der Waals surface area contributed by atoms with Gasteiger partial charge in [-0.05, 0) is 0 Å². The van der Waals surface area contributed by atoms with Crippen LogP contribution in [0.15, 0.2) is 23.0 Å². The fourth-order valence-electron chi connectivity index (χ4n) is 1.70. The van der Waals surface area contributed by atoms with Crippen LogP contribution in [-0.2, 0) is 19.0 Å². The Morgan fingerprint density at radius 1 is 1.41 bits per heavy atom. The van der Waals surface area contributed by atoms with Crippen molar-refractivity contribution in [3.63, 3.8) is 0 Å². The van der Waals surface area contributed by atoms with E-state index >= 15 is 0 Å². The Morgan fingerprint density at radius 2 is 2.18 bits per heavy atom. The summed E-state index contributed by atoms with van der Waals surface area (Å²) in [5.41, 5.74) is 2.05. The summed E-state index contributed by atoms with van der Waals surface area (Å²) in [6, 6.07) is 1.93. The van der Waals surface area contributed by atoms with Crippen LogP contribution in [0.2, 0.25) is 0 Å². The smallest absolute Gasteiger partial charge is 0.148 e. The van der Waals surface area contributed by atoms with Gasteiger partial charge in [0.1, 0.15) is 12.1 Å². The second-order valence-corrected chi connectivity index (χ2v) is 5.17. The molecule has 2 heterocycles. The molecule has 0 aliphatic carbocycles. The van der Waals surface area contributed by atoms with E-state index in [9.17, 15) is 0 Å². The quantitative estimate of drug-likeness (QED) is 0.885. The number of aryl methyl sites for hydroxylation is 1. The van der Waals surface area contributed by atoms with E-state index in [0.29, 0.717) is 6.54 Å². The second kappa shape index (κ2) is 4.24. The maximum atomic E-state index is 5.05. The molecule has 0 spiro atoms. The molecule has 0 fully saturated rings. The highest BCUT2D eigenvalue weighted by molar-refractivity contribution is 5.35. The second-order valence-electron chi connectivity index (χ2n) is 5.17. The average Bonchev–Trinajstić information content (AvgIpc) is 2.81. The largest absolute Gasteiger partial charge is 0.364 e. The standard InChI is InChI=1S/C12H18N4O/c1-12(2,3)11-9(8-17-15-11)7-13-10-5-6-16(4)14-10/h5-6,8H,7H2,1-4H3,(H,13,14). The predicted octanol–water partition coefficient (Wildman–Crippen LogP) is 2.32. The van der Waals surface area contributed by atoms with E-state index in [1.165, 1.54) is 0 Å². The van der Waals surface area contributed by atoms with Crippen molar-refractivity contribution in [3.05, 3.63) is 29.8 Å². The predicted molar refractivity (Wildman–Crippen MR) is 65.7 cm³/mol. The maximum absolute atomic E-state index is 5.05. The first-order chi connectivity index (χ1) is 7.97. The van der Waals surface area contributed by atoms with Crippen molar-refractivity contribution in [1.29, 1.82) is 0 Å². The van der Waals surface area contributed by atoms with Crippen molar-refractivity contribution in [2.45, 2.75) is 32.7 Å². The lowest BCUT2D eigenvalue weighted by Crippen LogP contribution is -2.15. The third-order valence-electron chi connectivity index (χ3n) is 2.53. The highest BCUT2D eigenvalue weighted by atomic mass is 16.5. The van der Waals surface area contributed by atoms with Crippen LogP contribution < -0.4 is 5.32 Å². The van der Waals surface area contributed by atoms with Gasteiger partial charge in [-0.15, -0.1) is 0 Å². The fourth-order valence-corrected chi connectivity index (χ4v) is 1.70. The van der Waals surface area contributed by atoms with Crippen LogP contribution in [-0.4, -0.2) is 14.9 Å². The molecular weight excluding hydrogens is 216 g/mol. The van der Waals surface area contributed by atoms with E-state index in [-0.39, 0.29) is 5.41 Å². The summed E-state index contributed by atoms with van der Waals surface area (Å²) in [5.74, 6) is 0.855. The van der Waals surface area contributed by atoms with Gasteiger partial charge in [0.15, 0.2) is 0 Å². The number of aromatic nitrogens is 3. The van der Waals surface area contributed by atoms with Crippen LogP contribution in [0.4, 0.5) is 5.82 Å². The monoisotopic (exact) mass is 234 g/mol. The normalized spacial score (nSPS) is 11.8.